The van der Waals surface area contributed by atoms with Gasteiger partial charge in [-0.3, -0.25) is 0 Å². The Morgan fingerprint density at radius 1 is 1.18 bits per heavy atom. The van der Waals surface area contributed by atoms with Gasteiger partial charge in [0, 0.05) is 36.3 Å². The van der Waals surface area contributed by atoms with Gasteiger partial charge in [-0.25, -0.2) is 9.97 Å². The maximum Gasteiger partial charge on any atom is 0.135 e. The highest BCUT2D eigenvalue weighted by molar-refractivity contribution is 5.49. The first-order valence-corrected chi connectivity index (χ1v) is 6.51. The minimum absolute atomic E-state index is 0.300. The van der Waals surface area contributed by atoms with Crippen LogP contribution >= 0.6 is 0 Å². The fourth-order valence-electron chi connectivity index (χ4n) is 2.45. The molecule has 1 aliphatic heterocycles. The Morgan fingerprint density at radius 3 is 2.53 bits per heavy atom. The van der Waals surface area contributed by atoms with E-state index in [1.165, 1.54) is 18.4 Å². The summed E-state index contributed by atoms with van der Waals surface area (Å²) >= 11 is 0. The van der Waals surface area contributed by atoms with Crippen LogP contribution in [0.25, 0.3) is 0 Å². The van der Waals surface area contributed by atoms with Crippen molar-refractivity contribution in [2.45, 2.75) is 45.1 Å². The maximum absolute atomic E-state index is 5.98. The highest BCUT2D eigenvalue weighted by Gasteiger charge is 2.29. The van der Waals surface area contributed by atoms with E-state index in [2.05, 4.69) is 23.7 Å². The molecule has 1 atom stereocenters. The van der Waals surface area contributed by atoms with Crippen molar-refractivity contribution in [2.75, 3.05) is 18.0 Å². The summed E-state index contributed by atoms with van der Waals surface area (Å²) in [6, 6.07) is 0.300. The zero-order valence-corrected chi connectivity index (χ0v) is 10.6. The molecule has 0 amide bonds. The molecule has 1 saturated carbocycles. The average molecular weight is 232 g/mol. The third kappa shape index (κ3) is 2.02. The normalized spacial score (nSPS) is 24.4. The molecule has 1 aromatic heterocycles. The second-order valence-electron chi connectivity index (χ2n) is 5.38. The van der Waals surface area contributed by atoms with Crippen LogP contribution in [0.5, 0.6) is 0 Å². The molecule has 1 aromatic rings. The number of hydrogen-bond acceptors (Lipinski definition) is 4. The molecule has 4 nitrogen and oxygen atoms in total. The fraction of sp³-hybridized carbons (Fsp3) is 0.692. The van der Waals surface area contributed by atoms with Crippen molar-refractivity contribution in [1.29, 1.82) is 0 Å². The van der Waals surface area contributed by atoms with Gasteiger partial charge in [-0.1, -0.05) is 0 Å². The van der Waals surface area contributed by atoms with Crippen LogP contribution in [0.3, 0.4) is 0 Å². The molecule has 0 radical (unpaired) electrons. The van der Waals surface area contributed by atoms with Gasteiger partial charge >= 0.3 is 0 Å². The van der Waals surface area contributed by atoms with Crippen LogP contribution in [0, 0.1) is 13.8 Å². The van der Waals surface area contributed by atoms with Crippen molar-refractivity contribution in [1.82, 2.24) is 9.97 Å². The van der Waals surface area contributed by atoms with E-state index in [0.29, 0.717) is 12.0 Å². The van der Waals surface area contributed by atoms with E-state index in [-0.39, 0.29) is 0 Å². The summed E-state index contributed by atoms with van der Waals surface area (Å²) < 4.78 is 0. The van der Waals surface area contributed by atoms with Gasteiger partial charge in [0.2, 0.25) is 0 Å². The van der Waals surface area contributed by atoms with Crippen LogP contribution in [0.2, 0.25) is 0 Å². The molecule has 1 aliphatic carbocycles. The van der Waals surface area contributed by atoms with E-state index in [0.717, 1.165) is 36.8 Å². The SMILES string of the molecule is Cc1nc(C2CC2)nc(N2CCC(N)C2)c1C. The third-order valence-corrected chi connectivity index (χ3v) is 3.85. The summed E-state index contributed by atoms with van der Waals surface area (Å²) in [7, 11) is 0. The van der Waals surface area contributed by atoms with E-state index in [1.54, 1.807) is 0 Å². The predicted octanol–water partition coefficient (Wildman–Crippen LogP) is 1.51. The van der Waals surface area contributed by atoms with Crippen LogP contribution in [-0.4, -0.2) is 29.1 Å². The summed E-state index contributed by atoms with van der Waals surface area (Å²) in [5.41, 5.74) is 8.31. The molecule has 1 saturated heterocycles. The molecule has 3 rings (SSSR count). The highest BCUT2D eigenvalue weighted by Crippen LogP contribution is 2.39. The van der Waals surface area contributed by atoms with Crippen molar-refractivity contribution < 1.29 is 0 Å². The Labute approximate surface area is 102 Å². The molecule has 2 fully saturated rings. The molecule has 1 unspecified atom stereocenters. The van der Waals surface area contributed by atoms with E-state index >= 15 is 0 Å². The van der Waals surface area contributed by atoms with Crippen molar-refractivity contribution in [3.8, 4) is 0 Å². The average Bonchev–Trinajstić information content (AvgIpc) is 3.05. The topological polar surface area (TPSA) is 55.0 Å². The van der Waals surface area contributed by atoms with Crippen LogP contribution in [0.1, 0.15) is 42.3 Å². The molecule has 4 heteroatoms. The second-order valence-corrected chi connectivity index (χ2v) is 5.38. The lowest BCUT2D eigenvalue weighted by Gasteiger charge is -2.20. The van der Waals surface area contributed by atoms with Gasteiger partial charge in [-0.15, -0.1) is 0 Å². The number of nitrogens with zero attached hydrogens (tertiary/aromatic N) is 3. The van der Waals surface area contributed by atoms with Crippen LogP contribution in [0.4, 0.5) is 5.82 Å². The standard InChI is InChI=1S/C13H20N4/c1-8-9(2)15-12(10-3-4-10)16-13(8)17-6-5-11(14)7-17/h10-11H,3-7,14H2,1-2H3. The van der Waals surface area contributed by atoms with Crippen molar-refractivity contribution in [2.24, 2.45) is 5.73 Å². The molecule has 2 heterocycles. The molecular weight excluding hydrogens is 212 g/mol. The van der Waals surface area contributed by atoms with E-state index in [4.69, 9.17) is 10.7 Å². The molecule has 17 heavy (non-hydrogen) atoms. The number of hydrogen-bond donors (Lipinski definition) is 1. The first-order valence-electron chi connectivity index (χ1n) is 6.51. The zero-order chi connectivity index (χ0) is 12.0. The van der Waals surface area contributed by atoms with Crippen LogP contribution in [0.15, 0.2) is 0 Å². The molecule has 0 spiro atoms. The lowest BCUT2D eigenvalue weighted by atomic mass is 10.2. The summed E-state index contributed by atoms with van der Waals surface area (Å²) in [6.45, 7) is 6.16. The Morgan fingerprint density at radius 2 is 1.94 bits per heavy atom. The highest BCUT2D eigenvalue weighted by atomic mass is 15.2. The van der Waals surface area contributed by atoms with Gasteiger partial charge in [0.25, 0.3) is 0 Å². The van der Waals surface area contributed by atoms with E-state index in [1.807, 2.05) is 0 Å². The lowest BCUT2D eigenvalue weighted by molar-refractivity contribution is 0.750. The minimum atomic E-state index is 0.300. The Balaban J connectivity index is 1.96. The van der Waals surface area contributed by atoms with Gasteiger partial charge in [0.05, 0.1) is 0 Å². The number of nitrogens with two attached hydrogens (primary N) is 1. The Bertz CT molecular complexity index is 439. The number of anilines is 1. The Kier molecular flexibility index (Phi) is 2.54. The fourth-order valence-corrected chi connectivity index (χ4v) is 2.45. The lowest BCUT2D eigenvalue weighted by Crippen LogP contribution is -2.28. The zero-order valence-electron chi connectivity index (χ0n) is 10.6. The predicted molar refractivity (Wildman–Crippen MR) is 68.3 cm³/mol. The summed E-state index contributed by atoms with van der Waals surface area (Å²) in [5.74, 6) is 2.78. The Hall–Kier alpha value is -1.16. The molecule has 0 bridgehead atoms. The maximum atomic E-state index is 5.98. The third-order valence-electron chi connectivity index (χ3n) is 3.85. The summed E-state index contributed by atoms with van der Waals surface area (Å²) in [4.78, 5) is 11.7. The molecule has 0 aromatic carbocycles. The van der Waals surface area contributed by atoms with Crippen LogP contribution in [-0.2, 0) is 0 Å². The molecule has 92 valence electrons. The number of rotatable bonds is 2. The first kappa shape index (κ1) is 11.0. The monoisotopic (exact) mass is 232 g/mol. The van der Waals surface area contributed by atoms with Crippen molar-refractivity contribution in [3.63, 3.8) is 0 Å². The van der Waals surface area contributed by atoms with Gasteiger partial charge in [-0.05, 0) is 33.1 Å². The first-order chi connectivity index (χ1) is 8.15. The van der Waals surface area contributed by atoms with Gasteiger partial charge in [-0.2, -0.15) is 0 Å². The van der Waals surface area contributed by atoms with Gasteiger partial charge in [0.1, 0.15) is 11.6 Å². The van der Waals surface area contributed by atoms with Crippen molar-refractivity contribution >= 4 is 5.82 Å². The number of aryl methyl sites for hydroxylation is 1. The number of aromatic nitrogens is 2. The van der Waals surface area contributed by atoms with E-state index in [9.17, 15) is 0 Å². The minimum Gasteiger partial charge on any atom is -0.355 e. The second kappa shape index (κ2) is 3.95. The van der Waals surface area contributed by atoms with Crippen LogP contribution < -0.4 is 10.6 Å². The smallest absolute Gasteiger partial charge is 0.135 e. The largest absolute Gasteiger partial charge is 0.355 e. The molecule has 2 aliphatic rings. The van der Waals surface area contributed by atoms with E-state index < -0.39 is 0 Å². The van der Waals surface area contributed by atoms with Crippen molar-refractivity contribution in [3.05, 3.63) is 17.1 Å². The quantitative estimate of drug-likeness (QED) is 0.839. The molecular formula is C13H20N4. The summed E-state index contributed by atoms with van der Waals surface area (Å²) in [5, 5.41) is 0. The summed E-state index contributed by atoms with van der Waals surface area (Å²) in [6.07, 6.45) is 3.57. The van der Waals surface area contributed by atoms with Gasteiger partial charge in [0.15, 0.2) is 0 Å². The molecule has 2 N–H and O–H groups in total. The van der Waals surface area contributed by atoms with Gasteiger partial charge < -0.3 is 10.6 Å².